The molecule has 2 aromatic heterocycles. The van der Waals surface area contributed by atoms with Gasteiger partial charge in [0.05, 0.1) is 11.7 Å². The molecule has 140 valence electrons. The van der Waals surface area contributed by atoms with E-state index in [1.54, 1.807) is 18.5 Å². The highest BCUT2D eigenvalue weighted by atomic mass is 35.5. The minimum Gasteiger partial charge on any atom is -0.354 e. The molecule has 1 aliphatic heterocycles. The van der Waals surface area contributed by atoms with Gasteiger partial charge in [0.2, 0.25) is 0 Å². The van der Waals surface area contributed by atoms with Gasteiger partial charge in [-0.1, -0.05) is 17.7 Å². The molecule has 1 aromatic carbocycles. The van der Waals surface area contributed by atoms with Crippen molar-refractivity contribution in [2.75, 3.05) is 18.0 Å². The molecule has 8 heteroatoms. The van der Waals surface area contributed by atoms with E-state index < -0.39 is 17.8 Å². The predicted molar refractivity (Wildman–Crippen MR) is 97.5 cm³/mol. The van der Waals surface area contributed by atoms with Gasteiger partial charge in [0, 0.05) is 30.9 Å². The van der Waals surface area contributed by atoms with Gasteiger partial charge in [0.25, 0.3) is 0 Å². The number of hydrogen-bond acceptors (Lipinski definition) is 4. The summed E-state index contributed by atoms with van der Waals surface area (Å²) in [5.41, 5.74) is 1.20. The van der Waals surface area contributed by atoms with Gasteiger partial charge in [-0.2, -0.15) is 0 Å². The largest absolute Gasteiger partial charge is 0.354 e. The fourth-order valence-corrected chi connectivity index (χ4v) is 3.71. The summed E-state index contributed by atoms with van der Waals surface area (Å²) in [6.45, 7) is 1.05. The maximum Gasteiger partial charge on any atom is 0.172 e. The standard InChI is InChI=1S/C19H16ClF3N4/c20-18-19(26-15-3-6-24-10-16(15)25-18)27-7-4-11(5-8-27)17(23)13-2-1-12(21)9-14(13)22/h1-3,6,9-11,17H,4-5,7-8H2. The predicted octanol–water partition coefficient (Wildman–Crippen LogP) is 4.88. The molecule has 0 amide bonds. The fraction of sp³-hybridized carbons (Fsp3) is 0.316. The molecular weight excluding hydrogens is 377 g/mol. The van der Waals surface area contributed by atoms with Crippen molar-refractivity contribution < 1.29 is 13.2 Å². The van der Waals surface area contributed by atoms with E-state index in [0.717, 1.165) is 12.1 Å². The van der Waals surface area contributed by atoms with Gasteiger partial charge in [-0.05, 0) is 30.9 Å². The molecule has 0 aliphatic carbocycles. The first-order valence-electron chi connectivity index (χ1n) is 8.64. The zero-order valence-corrected chi connectivity index (χ0v) is 15.0. The van der Waals surface area contributed by atoms with Crippen molar-refractivity contribution in [2.24, 2.45) is 5.92 Å². The minimum atomic E-state index is -1.48. The summed E-state index contributed by atoms with van der Waals surface area (Å²) in [6.07, 6.45) is 2.76. The lowest BCUT2D eigenvalue weighted by molar-refractivity contribution is 0.193. The van der Waals surface area contributed by atoms with Gasteiger partial charge in [0.1, 0.15) is 23.3 Å². The first-order valence-corrected chi connectivity index (χ1v) is 9.02. The number of rotatable bonds is 3. The van der Waals surface area contributed by atoms with Crippen molar-refractivity contribution >= 4 is 28.5 Å². The Morgan fingerprint density at radius 3 is 2.59 bits per heavy atom. The van der Waals surface area contributed by atoms with Crippen molar-refractivity contribution in [3.8, 4) is 0 Å². The second kappa shape index (κ2) is 7.31. The molecule has 3 aromatic rings. The third-order valence-corrected chi connectivity index (χ3v) is 5.17. The molecule has 1 saturated heterocycles. The molecule has 0 spiro atoms. The van der Waals surface area contributed by atoms with Crippen molar-refractivity contribution in [1.82, 2.24) is 15.0 Å². The van der Waals surface area contributed by atoms with E-state index in [9.17, 15) is 13.2 Å². The quantitative estimate of drug-likeness (QED) is 0.636. The molecule has 3 heterocycles. The Bertz CT molecular complexity index is 976. The molecule has 0 bridgehead atoms. The number of aromatic nitrogens is 3. The number of piperidine rings is 1. The van der Waals surface area contributed by atoms with Crippen LogP contribution in [0.25, 0.3) is 11.0 Å². The van der Waals surface area contributed by atoms with Crippen molar-refractivity contribution in [1.29, 1.82) is 0 Å². The van der Waals surface area contributed by atoms with Crippen LogP contribution in [0, 0.1) is 17.6 Å². The van der Waals surface area contributed by atoms with Crippen LogP contribution in [0.2, 0.25) is 5.15 Å². The topological polar surface area (TPSA) is 41.9 Å². The van der Waals surface area contributed by atoms with Crippen LogP contribution < -0.4 is 4.90 Å². The molecule has 1 aliphatic rings. The van der Waals surface area contributed by atoms with E-state index in [2.05, 4.69) is 15.0 Å². The molecule has 0 N–H and O–H groups in total. The van der Waals surface area contributed by atoms with Crippen LogP contribution in [-0.4, -0.2) is 28.0 Å². The van der Waals surface area contributed by atoms with Gasteiger partial charge < -0.3 is 4.90 Å². The van der Waals surface area contributed by atoms with Crippen LogP contribution >= 0.6 is 11.6 Å². The van der Waals surface area contributed by atoms with Gasteiger partial charge in [0.15, 0.2) is 11.0 Å². The van der Waals surface area contributed by atoms with Crippen LogP contribution in [-0.2, 0) is 0 Å². The van der Waals surface area contributed by atoms with Crippen LogP contribution in [0.1, 0.15) is 24.6 Å². The summed E-state index contributed by atoms with van der Waals surface area (Å²) < 4.78 is 41.7. The third-order valence-electron chi connectivity index (χ3n) is 4.92. The average Bonchev–Trinajstić information content (AvgIpc) is 2.67. The Hall–Kier alpha value is -2.41. The van der Waals surface area contributed by atoms with Gasteiger partial charge in [-0.3, -0.25) is 4.98 Å². The number of nitrogens with zero attached hydrogens (tertiary/aromatic N) is 4. The molecule has 1 fully saturated rings. The molecule has 1 unspecified atom stereocenters. The van der Waals surface area contributed by atoms with Crippen LogP contribution in [0.5, 0.6) is 0 Å². The number of hydrogen-bond donors (Lipinski definition) is 0. The zero-order valence-electron chi connectivity index (χ0n) is 14.2. The number of halogens is 4. The molecule has 0 radical (unpaired) electrons. The van der Waals surface area contributed by atoms with Crippen LogP contribution in [0.3, 0.4) is 0 Å². The molecule has 1 atom stereocenters. The van der Waals surface area contributed by atoms with E-state index in [0.29, 0.717) is 42.8 Å². The summed E-state index contributed by atoms with van der Waals surface area (Å²) in [4.78, 5) is 14.8. The first-order chi connectivity index (χ1) is 13.0. The van der Waals surface area contributed by atoms with Gasteiger partial charge >= 0.3 is 0 Å². The normalized spacial score (nSPS) is 16.7. The highest BCUT2D eigenvalue weighted by Gasteiger charge is 2.30. The van der Waals surface area contributed by atoms with Crippen molar-refractivity contribution in [3.63, 3.8) is 0 Å². The molecule has 4 rings (SSSR count). The van der Waals surface area contributed by atoms with E-state index >= 15 is 0 Å². The van der Waals surface area contributed by atoms with E-state index in [-0.39, 0.29) is 16.6 Å². The number of pyridine rings is 1. The van der Waals surface area contributed by atoms with Gasteiger partial charge in [-0.15, -0.1) is 0 Å². The lowest BCUT2D eigenvalue weighted by atomic mass is 9.88. The summed E-state index contributed by atoms with van der Waals surface area (Å²) in [5.74, 6) is -1.35. The monoisotopic (exact) mass is 392 g/mol. The molecule has 4 nitrogen and oxygen atoms in total. The number of fused-ring (bicyclic) bond motifs is 1. The van der Waals surface area contributed by atoms with E-state index in [1.165, 1.54) is 6.07 Å². The Morgan fingerprint density at radius 2 is 1.85 bits per heavy atom. The Balaban J connectivity index is 1.49. The second-order valence-electron chi connectivity index (χ2n) is 6.59. The minimum absolute atomic E-state index is 0.0918. The SMILES string of the molecule is Fc1ccc(C(F)C2CCN(c3nc4ccncc4nc3Cl)CC2)c(F)c1. The summed E-state index contributed by atoms with van der Waals surface area (Å²) in [7, 11) is 0. The first kappa shape index (κ1) is 18.0. The summed E-state index contributed by atoms with van der Waals surface area (Å²) in [5, 5.41) is 0.273. The molecule has 27 heavy (non-hydrogen) atoms. The Labute approximate surface area is 159 Å². The number of alkyl halides is 1. The lowest BCUT2D eigenvalue weighted by Gasteiger charge is -2.34. The number of benzene rings is 1. The zero-order chi connectivity index (χ0) is 19.0. The Morgan fingerprint density at radius 1 is 1.07 bits per heavy atom. The van der Waals surface area contributed by atoms with Crippen molar-refractivity contribution in [3.05, 3.63) is 59.0 Å². The lowest BCUT2D eigenvalue weighted by Crippen LogP contribution is -2.36. The Kier molecular flexibility index (Phi) is 4.86. The maximum atomic E-state index is 14.8. The second-order valence-corrected chi connectivity index (χ2v) is 6.95. The van der Waals surface area contributed by atoms with E-state index in [4.69, 9.17) is 11.6 Å². The summed E-state index contributed by atoms with van der Waals surface area (Å²) >= 11 is 6.26. The van der Waals surface area contributed by atoms with Crippen molar-refractivity contribution in [2.45, 2.75) is 19.0 Å². The molecular formula is C19H16ClF3N4. The summed E-state index contributed by atoms with van der Waals surface area (Å²) in [6, 6.07) is 4.74. The third kappa shape index (κ3) is 3.56. The number of anilines is 1. The smallest absolute Gasteiger partial charge is 0.172 e. The molecule has 0 saturated carbocycles. The highest BCUT2D eigenvalue weighted by Crippen LogP contribution is 2.37. The average molecular weight is 393 g/mol. The van der Waals surface area contributed by atoms with Gasteiger partial charge in [-0.25, -0.2) is 23.1 Å². The highest BCUT2D eigenvalue weighted by molar-refractivity contribution is 6.32. The fourth-order valence-electron chi connectivity index (χ4n) is 3.46. The maximum absolute atomic E-state index is 14.8. The van der Waals surface area contributed by atoms with Crippen LogP contribution in [0.4, 0.5) is 19.0 Å². The van der Waals surface area contributed by atoms with E-state index in [1.807, 2.05) is 4.90 Å². The van der Waals surface area contributed by atoms with Crippen LogP contribution in [0.15, 0.2) is 36.7 Å².